The van der Waals surface area contributed by atoms with E-state index >= 15 is 0 Å². The summed E-state index contributed by atoms with van der Waals surface area (Å²) in [5.74, 6) is 0.168. The van der Waals surface area contributed by atoms with Crippen LogP contribution in [0.4, 0.5) is 0 Å². The van der Waals surface area contributed by atoms with Crippen molar-refractivity contribution in [2.24, 2.45) is 0 Å². The van der Waals surface area contributed by atoms with E-state index in [2.05, 4.69) is 6.07 Å². The number of para-hydroxylation sites is 1. The van der Waals surface area contributed by atoms with Gasteiger partial charge in [0.2, 0.25) is 0 Å². The molecule has 0 aliphatic carbocycles. The zero-order chi connectivity index (χ0) is 14.9. The number of carbonyl (C=O) groups is 1. The van der Waals surface area contributed by atoms with E-state index in [1.165, 1.54) is 4.70 Å². The molecule has 0 bridgehead atoms. The molecule has 2 atom stereocenters. The Morgan fingerprint density at radius 2 is 2.14 bits per heavy atom. The van der Waals surface area contributed by atoms with Crippen LogP contribution < -0.4 is 0 Å². The van der Waals surface area contributed by atoms with Gasteiger partial charge in [-0.1, -0.05) is 12.1 Å². The second kappa shape index (κ2) is 5.97. The van der Waals surface area contributed by atoms with Gasteiger partial charge in [0.25, 0.3) is 5.91 Å². The van der Waals surface area contributed by atoms with Gasteiger partial charge in [-0.05, 0) is 44.2 Å². The first-order chi connectivity index (χ1) is 10.8. The molecule has 5 heteroatoms. The van der Waals surface area contributed by atoms with E-state index in [0.717, 1.165) is 55.8 Å². The van der Waals surface area contributed by atoms with Crippen molar-refractivity contribution >= 4 is 27.5 Å². The third-order valence-corrected chi connectivity index (χ3v) is 5.72. The Balaban J connectivity index is 1.63. The van der Waals surface area contributed by atoms with E-state index in [9.17, 15) is 4.79 Å². The third-order valence-electron chi connectivity index (χ3n) is 4.59. The zero-order valence-corrected chi connectivity index (χ0v) is 13.3. The highest BCUT2D eigenvalue weighted by Crippen LogP contribution is 2.36. The molecule has 3 heterocycles. The van der Waals surface area contributed by atoms with Crippen molar-refractivity contribution in [2.45, 2.75) is 44.2 Å². The molecule has 2 fully saturated rings. The summed E-state index contributed by atoms with van der Waals surface area (Å²) in [4.78, 5) is 19.6. The van der Waals surface area contributed by atoms with Gasteiger partial charge >= 0.3 is 0 Å². The number of aromatic nitrogens is 1. The van der Waals surface area contributed by atoms with Crippen LogP contribution in [0, 0.1) is 0 Å². The molecule has 4 rings (SSSR count). The summed E-state index contributed by atoms with van der Waals surface area (Å²) >= 11 is 1.72. The van der Waals surface area contributed by atoms with Crippen LogP contribution in [0.15, 0.2) is 24.3 Å². The first kappa shape index (κ1) is 14.2. The molecule has 2 saturated heterocycles. The minimum absolute atomic E-state index is 0.128. The Labute approximate surface area is 134 Å². The van der Waals surface area contributed by atoms with Gasteiger partial charge in [0.05, 0.1) is 16.3 Å². The molecule has 22 heavy (non-hydrogen) atoms. The van der Waals surface area contributed by atoms with E-state index in [1.807, 2.05) is 23.1 Å². The summed E-state index contributed by atoms with van der Waals surface area (Å²) < 4.78 is 6.80. The van der Waals surface area contributed by atoms with Crippen molar-refractivity contribution in [3.8, 4) is 0 Å². The third kappa shape index (κ3) is 2.52. The van der Waals surface area contributed by atoms with Crippen molar-refractivity contribution in [1.82, 2.24) is 9.88 Å². The Kier molecular flexibility index (Phi) is 3.84. The maximum atomic E-state index is 12.8. The average Bonchev–Trinajstić information content (AvgIpc) is 3.23. The minimum Gasteiger partial charge on any atom is -0.368 e. The smallest absolute Gasteiger partial charge is 0.252 e. The van der Waals surface area contributed by atoms with Crippen LogP contribution in [-0.2, 0) is 9.53 Å². The van der Waals surface area contributed by atoms with Crippen molar-refractivity contribution in [2.75, 3.05) is 13.2 Å². The fraction of sp³-hybridized carbons (Fsp3) is 0.529. The molecule has 0 N–H and O–H groups in total. The number of nitrogens with zero attached hydrogens (tertiary/aromatic N) is 2. The Bertz CT molecular complexity index is 645. The molecule has 2 aromatic rings. The molecule has 0 spiro atoms. The number of likely N-dealkylation sites (tertiary alicyclic amines) is 1. The van der Waals surface area contributed by atoms with E-state index in [4.69, 9.17) is 9.72 Å². The highest BCUT2D eigenvalue weighted by atomic mass is 32.1. The van der Waals surface area contributed by atoms with Crippen LogP contribution >= 0.6 is 11.3 Å². The molecule has 0 saturated carbocycles. The van der Waals surface area contributed by atoms with Crippen molar-refractivity contribution in [3.63, 3.8) is 0 Å². The first-order valence-corrected chi connectivity index (χ1v) is 8.92. The van der Waals surface area contributed by atoms with Crippen molar-refractivity contribution in [1.29, 1.82) is 0 Å². The molecule has 1 aromatic heterocycles. The topological polar surface area (TPSA) is 42.4 Å². The lowest BCUT2D eigenvalue weighted by Gasteiger charge is -2.35. The number of hydrogen-bond donors (Lipinski definition) is 0. The monoisotopic (exact) mass is 316 g/mol. The van der Waals surface area contributed by atoms with Gasteiger partial charge in [-0.25, -0.2) is 4.98 Å². The fourth-order valence-corrected chi connectivity index (χ4v) is 4.56. The minimum atomic E-state index is -0.227. The molecule has 4 nitrogen and oxygen atoms in total. The average molecular weight is 316 g/mol. The molecule has 1 amide bonds. The van der Waals surface area contributed by atoms with Crippen LogP contribution in [0.1, 0.15) is 43.2 Å². The second-order valence-electron chi connectivity index (χ2n) is 6.06. The lowest BCUT2D eigenvalue weighted by molar-refractivity contribution is -0.145. The normalized spacial score (nSPS) is 25.7. The number of rotatable bonds is 2. The standard InChI is InChI=1S/C17H20N2O2S/c20-17(14-8-5-11-21-14)19-10-4-3-7-13(19)16-18-12-6-1-2-9-15(12)22-16/h1-2,6,9,13-14H,3-5,7-8,10-11H2/t13-,14-/m1/s1. The number of benzene rings is 1. The van der Waals surface area contributed by atoms with Gasteiger partial charge in [-0.2, -0.15) is 0 Å². The SMILES string of the molecule is O=C([C@H]1CCCO1)N1CCCC[C@@H]1c1nc2ccccc2s1. The van der Waals surface area contributed by atoms with E-state index in [0.29, 0.717) is 0 Å². The highest BCUT2D eigenvalue weighted by molar-refractivity contribution is 7.18. The van der Waals surface area contributed by atoms with Gasteiger partial charge in [0.1, 0.15) is 11.1 Å². The highest BCUT2D eigenvalue weighted by Gasteiger charge is 2.35. The van der Waals surface area contributed by atoms with Gasteiger partial charge in [0.15, 0.2) is 0 Å². The number of fused-ring (bicyclic) bond motifs is 1. The fourth-order valence-electron chi connectivity index (χ4n) is 3.44. The van der Waals surface area contributed by atoms with Crippen LogP contribution in [0.25, 0.3) is 10.2 Å². The Morgan fingerprint density at radius 3 is 2.95 bits per heavy atom. The number of carbonyl (C=O) groups excluding carboxylic acids is 1. The first-order valence-electron chi connectivity index (χ1n) is 8.10. The summed E-state index contributed by atoms with van der Waals surface area (Å²) in [6.45, 7) is 1.55. The summed E-state index contributed by atoms with van der Waals surface area (Å²) in [5.41, 5.74) is 1.04. The molecular formula is C17H20N2O2S. The van der Waals surface area contributed by atoms with Crippen LogP contribution in [0.2, 0.25) is 0 Å². The number of piperidine rings is 1. The maximum absolute atomic E-state index is 12.8. The van der Waals surface area contributed by atoms with Gasteiger partial charge in [-0.3, -0.25) is 4.79 Å². The zero-order valence-electron chi connectivity index (χ0n) is 12.5. The molecule has 1 aromatic carbocycles. The van der Waals surface area contributed by atoms with Crippen molar-refractivity contribution < 1.29 is 9.53 Å². The molecule has 116 valence electrons. The second-order valence-corrected chi connectivity index (χ2v) is 7.13. The van der Waals surface area contributed by atoms with Crippen LogP contribution in [0.3, 0.4) is 0 Å². The van der Waals surface area contributed by atoms with Crippen LogP contribution in [-0.4, -0.2) is 35.0 Å². The summed E-state index contributed by atoms with van der Waals surface area (Å²) in [5, 5.41) is 1.08. The lowest BCUT2D eigenvalue weighted by Crippen LogP contribution is -2.43. The van der Waals surface area contributed by atoms with E-state index in [-0.39, 0.29) is 18.1 Å². The summed E-state index contributed by atoms with van der Waals surface area (Å²) in [6, 6.07) is 8.33. The quantitative estimate of drug-likeness (QED) is 0.851. The largest absolute Gasteiger partial charge is 0.368 e. The number of hydrogen-bond acceptors (Lipinski definition) is 4. The Morgan fingerprint density at radius 1 is 1.23 bits per heavy atom. The van der Waals surface area contributed by atoms with Gasteiger partial charge in [-0.15, -0.1) is 11.3 Å². The molecule has 0 radical (unpaired) electrons. The lowest BCUT2D eigenvalue weighted by atomic mass is 10.0. The van der Waals surface area contributed by atoms with E-state index in [1.54, 1.807) is 11.3 Å². The number of amides is 1. The van der Waals surface area contributed by atoms with Crippen molar-refractivity contribution in [3.05, 3.63) is 29.3 Å². The molecule has 2 aliphatic rings. The predicted molar refractivity (Wildman–Crippen MR) is 86.9 cm³/mol. The van der Waals surface area contributed by atoms with E-state index < -0.39 is 0 Å². The summed E-state index contributed by atoms with van der Waals surface area (Å²) in [7, 11) is 0. The molecule has 0 unspecified atom stereocenters. The van der Waals surface area contributed by atoms with Gasteiger partial charge < -0.3 is 9.64 Å². The predicted octanol–water partition coefficient (Wildman–Crippen LogP) is 3.53. The Hall–Kier alpha value is -1.46. The van der Waals surface area contributed by atoms with Crippen LogP contribution in [0.5, 0.6) is 0 Å². The van der Waals surface area contributed by atoms with Gasteiger partial charge in [0, 0.05) is 13.2 Å². The number of ether oxygens (including phenoxy) is 1. The summed E-state index contributed by atoms with van der Waals surface area (Å²) in [6.07, 6.45) is 4.89. The maximum Gasteiger partial charge on any atom is 0.252 e. The molecular weight excluding hydrogens is 296 g/mol. The molecule has 2 aliphatic heterocycles. The number of thiazole rings is 1.